The Balaban J connectivity index is 2.16. The van der Waals surface area contributed by atoms with Gasteiger partial charge in [-0.3, -0.25) is 4.79 Å². The number of ether oxygens (including phenoxy) is 1. The Kier molecular flexibility index (Phi) is 7.72. The van der Waals surface area contributed by atoms with Crippen molar-refractivity contribution in [2.75, 3.05) is 12.9 Å². The van der Waals surface area contributed by atoms with Crippen LogP contribution in [0.25, 0.3) is 11.1 Å². The minimum absolute atomic E-state index is 0.0197. The van der Waals surface area contributed by atoms with Crippen LogP contribution >= 0.6 is 23.4 Å². The third-order valence-electron chi connectivity index (χ3n) is 5.91. The first-order valence-corrected chi connectivity index (χ1v) is 11.9. The Morgan fingerprint density at radius 2 is 1.71 bits per heavy atom. The van der Waals surface area contributed by atoms with E-state index in [0.717, 1.165) is 55.3 Å². The molecule has 0 radical (unpaired) electrons. The van der Waals surface area contributed by atoms with Crippen LogP contribution in [0.5, 0.6) is 5.75 Å². The van der Waals surface area contributed by atoms with Crippen molar-refractivity contribution in [3.05, 3.63) is 52.5 Å². The second-order valence-electron chi connectivity index (χ2n) is 8.15. The standard InChI is InChI=1S/C23H21ClF6O3S/c1-34-21(20(31)32,11-13-3-2-4-13)16-9-17(14-5-7-15(8-6-14)23(28,29)30)19(18(24)10-16)33-12-22(25,26)27/h5-10,13H,2-4,11-12H2,1H3,(H,31,32). The molecule has 0 aliphatic heterocycles. The summed E-state index contributed by atoms with van der Waals surface area (Å²) in [6, 6.07) is 6.37. The maximum Gasteiger partial charge on any atom is 0.422 e. The van der Waals surface area contributed by atoms with Gasteiger partial charge in [0.2, 0.25) is 0 Å². The lowest BCUT2D eigenvalue weighted by Crippen LogP contribution is -2.36. The van der Waals surface area contributed by atoms with Gasteiger partial charge in [0.25, 0.3) is 0 Å². The molecule has 2 aromatic carbocycles. The molecule has 1 fully saturated rings. The molecule has 11 heteroatoms. The van der Waals surface area contributed by atoms with Crippen molar-refractivity contribution >= 4 is 29.3 Å². The largest absolute Gasteiger partial charge is 0.482 e. The molecule has 3 nitrogen and oxygen atoms in total. The molecule has 2 aromatic rings. The molecule has 0 bridgehead atoms. The van der Waals surface area contributed by atoms with E-state index in [-0.39, 0.29) is 39.8 Å². The fourth-order valence-electron chi connectivity index (χ4n) is 3.90. The summed E-state index contributed by atoms with van der Waals surface area (Å²) in [6.07, 6.45) is -4.68. The highest BCUT2D eigenvalue weighted by Crippen LogP contribution is 2.49. The topological polar surface area (TPSA) is 46.5 Å². The Labute approximate surface area is 201 Å². The fourth-order valence-corrected chi connectivity index (χ4v) is 5.11. The van der Waals surface area contributed by atoms with E-state index >= 15 is 0 Å². The zero-order valence-corrected chi connectivity index (χ0v) is 19.5. The number of carbonyl (C=O) groups is 1. The Bertz CT molecular complexity index is 1030. The van der Waals surface area contributed by atoms with Crippen molar-refractivity contribution in [3.63, 3.8) is 0 Å². The molecule has 1 unspecified atom stereocenters. The van der Waals surface area contributed by atoms with Crippen LogP contribution in [0.15, 0.2) is 36.4 Å². The van der Waals surface area contributed by atoms with E-state index in [9.17, 15) is 36.2 Å². The van der Waals surface area contributed by atoms with Gasteiger partial charge in [0.15, 0.2) is 6.61 Å². The van der Waals surface area contributed by atoms with Crippen molar-refractivity contribution in [1.82, 2.24) is 0 Å². The summed E-state index contributed by atoms with van der Waals surface area (Å²) in [5.74, 6) is -1.35. The highest BCUT2D eigenvalue weighted by Gasteiger charge is 2.44. The molecule has 1 atom stereocenters. The number of hydrogen-bond donors (Lipinski definition) is 1. The minimum atomic E-state index is -4.69. The molecule has 0 amide bonds. The van der Waals surface area contributed by atoms with E-state index in [2.05, 4.69) is 0 Å². The first-order chi connectivity index (χ1) is 15.8. The van der Waals surface area contributed by atoms with Gasteiger partial charge in [-0.15, -0.1) is 11.8 Å². The monoisotopic (exact) mass is 526 g/mol. The zero-order chi connectivity index (χ0) is 25.3. The third-order valence-corrected chi connectivity index (χ3v) is 7.46. The average molecular weight is 527 g/mol. The second-order valence-corrected chi connectivity index (χ2v) is 9.66. The van der Waals surface area contributed by atoms with Crippen LogP contribution in [0.2, 0.25) is 5.02 Å². The molecular formula is C23H21ClF6O3S. The number of halogens is 7. The van der Waals surface area contributed by atoms with Gasteiger partial charge >= 0.3 is 18.3 Å². The Morgan fingerprint density at radius 3 is 2.15 bits per heavy atom. The first kappa shape index (κ1) is 26.5. The van der Waals surface area contributed by atoms with Crippen LogP contribution in [0.1, 0.15) is 36.8 Å². The third kappa shape index (κ3) is 5.76. The summed E-state index contributed by atoms with van der Waals surface area (Å²) < 4.78 is 81.0. The quantitative estimate of drug-likeness (QED) is 0.356. The van der Waals surface area contributed by atoms with Gasteiger partial charge in [0.1, 0.15) is 10.5 Å². The van der Waals surface area contributed by atoms with Crippen LogP contribution < -0.4 is 4.74 Å². The van der Waals surface area contributed by atoms with E-state index < -0.39 is 35.2 Å². The predicted octanol–water partition coefficient (Wildman–Crippen LogP) is 7.80. The predicted molar refractivity (Wildman–Crippen MR) is 118 cm³/mol. The molecule has 0 spiro atoms. The van der Waals surface area contributed by atoms with Crippen molar-refractivity contribution < 1.29 is 41.0 Å². The number of hydrogen-bond acceptors (Lipinski definition) is 3. The molecule has 186 valence electrons. The summed E-state index contributed by atoms with van der Waals surface area (Å²) >= 11 is 7.37. The summed E-state index contributed by atoms with van der Waals surface area (Å²) in [5, 5.41) is 9.88. The van der Waals surface area contributed by atoms with Crippen LogP contribution in [-0.2, 0) is 15.7 Å². The minimum Gasteiger partial charge on any atom is -0.482 e. The lowest BCUT2D eigenvalue weighted by atomic mass is 9.76. The van der Waals surface area contributed by atoms with E-state index in [0.29, 0.717) is 0 Å². The van der Waals surface area contributed by atoms with E-state index in [1.165, 1.54) is 12.1 Å². The summed E-state index contributed by atoms with van der Waals surface area (Å²) in [6.45, 7) is -1.67. The van der Waals surface area contributed by atoms with Crippen LogP contribution in [0.3, 0.4) is 0 Å². The van der Waals surface area contributed by atoms with Gasteiger partial charge in [0.05, 0.1) is 10.6 Å². The molecule has 34 heavy (non-hydrogen) atoms. The van der Waals surface area contributed by atoms with Crippen molar-refractivity contribution in [2.45, 2.75) is 42.8 Å². The SMILES string of the molecule is CSC(CC1CCC1)(C(=O)O)c1cc(Cl)c(OCC(F)(F)F)c(-c2ccc(C(F)(F)F)cc2)c1. The Hall–Kier alpha value is -2.07. The molecule has 3 rings (SSSR count). The number of aliphatic carboxylic acids is 1. The molecule has 1 N–H and O–H groups in total. The molecule has 1 aliphatic rings. The number of carboxylic acid groups (broad SMARTS) is 1. The maximum absolute atomic E-state index is 13.0. The Morgan fingerprint density at radius 1 is 1.09 bits per heavy atom. The second kappa shape index (κ2) is 9.89. The normalized spacial score (nSPS) is 16.6. The highest BCUT2D eigenvalue weighted by molar-refractivity contribution is 8.00. The summed E-state index contributed by atoms with van der Waals surface area (Å²) in [5.41, 5.74) is -0.615. The van der Waals surface area contributed by atoms with Crippen molar-refractivity contribution in [2.24, 2.45) is 5.92 Å². The number of carboxylic acids is 1. The molecule has 0 heterocycles. The first-order valence-electron chi connectivity index (χ1n) is 10.3. The van der Waals surface area contributed by atoms with Crippen molar-refractivity contribution in [1.29, 1.82) is 0 Å². The number of benzene rings is 2. The number of alkyl halides is 6. The number of rotatable bonds is 8. The lowest BCUT2D eigenvalue weighted by molar-refractivity contribution is -0.153. The molecular weight excluding hydrogens is 506 g/mol. The highest BCUT2D eigenvalue weighted by atomic mass is 35.5. The van der Waals surface area contributed by atoms with Gasteiger partial charge in [-0.25, -0.2) is 0 Å². The van der Waals surface area contributed by atoms with Gasteiger partial charge in [-0.2, -0.15) is 26.3 Å². The van der Waals surface area contributed by atoms with Crippen molar-refractivity contribution in [3.8, 4) is 16.9 Å². The van der Waals surface area contributed by atoms with E-state index in [4.69, 9.17) is 16.3 Å². The van der Waals surface area contributed by atoms with E-state index in [1.54, 1.807) is 6.26 Å². The van der Waals surface area contributed by atoms with Gasteiger partial charge < -0.3 is 9.84 Å². The average Bonchev–Trinajstić information content (AvgIpc) is 2.70. The van der Waals surface area contributed by atoms with Gasteiger partial charge in [0, 0.05) is 5.56 Å². The molecule has 0 aromatic heterocycles. The van der Waals surface area contributed by atoms with Gasteiger partial charge in [-0.1, -0.05) is 43.0 Å². The fraction of sp³-hybridized carbons (Fsp3) is 0.435. The lowest BCUT2D eigenvalue weighted by Gasteiger charge is -2.36. The van der Waals surface area contributed by atoms with E-state index in [1.807, 2.05) is 0 Å². The molecule has 1 aliphatic carbocycles. The zero-order valence-electron chi connectivity index (χ0n) is 17.9. The molecule has 0 saturated heterocycles. The summed E-state index contributed by atoms with van der Waals surface area (Å²) in [4.78, 5) is 12.4. The van der Waals surface area contributed by atoms with Crippen LogP contribution in [0.4, 0.5) is 26.3 Å². The summed E-state index contributed by atoms with van der Waals surface area (Å²) in [7, 11) is 0. The van der Waals surface area contributed by atoms with Gasteiger partial charge in [-0.05, 0) is 54.0 Å². The maximum atomic E-state index is 13.0. The molecule has 1 saturated carbocycles. The smallest absolute Gasteiger partial charge is 0.422 e. The number of thioether (sulfide) groups is 1. The van der Waals surface area contributed by atoms with Crippen LogP contribution in [0, 0.1) is 5.92 Å². The van der Waals surface area contributed by atoms with Crippen LogP contribution in [-0.4, -0.2) is 30.1 Å².